The molecule has 72 heavy (non-hydrogen) atoms. The molecule has 0 saturated heterocycles. The number of esters is 3. The van der Waals surface area contributed by atoms with Crippen LogP contribution in [0.5, 0.6) is 0 Å². The molecule has 0 heterocycles. The second kappa shape index (κ2) is 59.9. The van der Waals surface area contributed by atoms with Crippen LogP contribution < -0.4 is 0 Å². The van der Waals surface area contributed by atoms with Gasteiger partial charge in [0.05, 0.1) is 0 Å². The van der Waals surface area contributed by atoms with Gasteiger partial charge in [0, 0.05) is 19.3 Å². The molecule has 1 unspecified atom stereocenters. The molecule has 0 spiro atoms. The van der Waals surface area contributed by atoms with E-state index in [-0.39, 0.29) is 31.1 Å². The second-order valence-corrected chi connectivity index (χ2v) is 19.9. The lowest BCUT2D eigenvalue weighted by Crippen LogP contribution is -2.30. The molecule has 0 rings (SSSR count). The lowest BCUT2D eigenvalue weighted by molar-refractivity contribution is -0.167. The molecule has 0 N–H and O–H groups in total. The van der Waals surface area contributed by atoms with Crippen molar-refractivity contribution in [3.05, 3.63) is 97.2 Å². The molecule has 0 aliphatic rings. The first-order valence-electron chi connectivity index (χ1n) is 30.3. The molecule has 0 fully saturated rings. The summed E-state index contributed by atoms with van der Waals surface area (Å²) in [5.74, 6) is -0.923. The van der Waals surface area contributed by atoms with E-state index in [9.17, 15) is 14.4 Å². The summed E-state index contributed by atoms with van der Waals surface area (Å²) in [6.45, 7) is 6.48. The van der Waals surface area contributed by atoms with Crippen LogP contribution in [0.1, 0.15) is 284 Å². The summed E-state index contributed by atoms with van der Waals surface area (Å²) in [4.78, 5) is 38.3. The Balaban J connectivity index is 4.46. The summed E-state index contributed by atoms with van der Waals surface area (Å²) in [5.41, 5.74) is 0. The van der Waals surface area contributed by atoms with Gasteiger partial charge < -0.3 is 14.2 Å². The van der Waals surface area contributed by atoms with Gasteiger partial charge in [-0.05, 0) is 116 Å². The largest absolute Gasteiger partial charge is 0.462 e. The lowest BCUT2D eigenvalue weighted by atomic mass is 10.1. The van der Waals surface area contributed by atoms with Crippen molar-refractivity contribution in [1.82, 2.24) is 0 Å². The molecule has 412 valence electrons. The van der Waals surface area contributed by atoms with Crippen molar-refractivity contribution < 1.29 is 28.6 Å². The van der Waals surface area contributed by atoms with E-state index in [1.165, 1.54) is 116 Å². The number of hydrogen-bond donors (Lipinski definition) is 0. The predicted octanol–water partition coefficient (Wildman–Crippen LogP) is 20.5. The zero-order valence-corrected chi connectivity index (χ0v) is 47.2. The number of allylic oxidation sites excluding steroid dienone is 16. The maximum atomic E-state index is 12.9. The van der Waals surface area contributed by atoms with E-state index in [2.05, 4.69) is 118 Å². The number of rotatable bonds is 54. The summed E-state index contributed by atoms with van der Waals surface area (Å²) >= 11 is 0. The quantitative estimate of drug-likeness (QED) is 0.0199. The van der Waals surface area contributed by atoms with Gasteiger partial charge in [-0.3, -0.25) is 14.4 Å². The van der Waals surface area contributed by atoms with Gasteiger partial charge in [-0.15, -0.1) is 0 Å². The predicted molar refractivity (Wildman–Crippen MR) is 311 cm³/mol. The molecule has 0 amide bonds. The van der Waals surface area contributed by atoms with E-state index < -0.39 is 6.10 Å². The van der Waals surface area contributed by atoms with Crippen LogP contribution in [0.25, 0.3) is 0 Å². The maximum absolute atomic E-state index is 12.9. The second-order valence-electron chi connectivity index (χ2n) is 19.9. The van der Waals surface area contributed by atoms with Crippen LogP contribution in [-0.4, -0.2) is 37.2 Å². The topological polar surface area (TPSA) is 78.9 Å². The highest BCUT2D eigenvalue weighted by atomic mass is 16.6. The maximum Gasteiger partial charge on any atom is 0.306 e. The molecule has 1 atom stereocenters. The Morgan fingerprint density at radius 2 is 0.583 bits per heavy atom. The first-order valence-corrected chi connectivity index (χ1v) is 30.3. The summed E-state index contributed by atoms with van der Waals surface area (Å²) in [5, 5.41) is 0. The molecule has 0 bridgehead atoms. The molecule has 0 aromatic carbocycles. The molecular weight excluding hydrogens is 889 g/mol. The van der Waals surface area contributed by atoms with Gasteiger partial charge in [-0.25, -0.2) is 0 Å². The van der Waals surface area contributed by atoms with Gasteiger partial charge in [0.15, 0.2) is 6.10 Å². The third-order valence-electron chi connectivity index (χ3n) is 12.8. The monoisotopic (exact) mass is 1000 g/mol. The summed E-state index contributed by atoms with van der Waals surface area (Å²) < 4.78 is 16.9. The molecule has 0 saturated carbocycles. The van der Waals surface area contributed by atoms with Crippen molar-refractivity contribution in [3.63, 3.8) is 0 Å². The van der Waals surface area contributed by atoms with Crippen molar-refractivity contribution in [1.29, 1.82) is 0 Å². The Kier molecular flexibility index (Phi) is 56.8. The Hall–Kier alpha value is -3.67. The molecule has 0 aromatic rings. The van der Waals surface area contributed by atoms with Crippen LogP contribution in [0, 0.1) is 0 Å². The number of hydrogen-bond acceptors (Lipinski definition) is 6. The summed E-state index contributed by atoms with van der Waals surface area (Å²) in [6.07, 6.45) is 79.6. The minimum atomic E-state index is -0.797. The highest BCUT2D eigenvalue weighted by Crippen LogP contribution is 2.15. The van der Waals surface area contributed by atoms with Gasteiger partial charge in [-0.1, -0.05) is 246 Å². The van der Waals surface area contributed by atoms with Crippen molar-refractivity contribution in [2.24, 2.45) is 0 Å². The van der Waals surface area contributed by atoms with Gasteiger partial charge >= 0.3 is 17.9 Å². The minimum Gasteiger partial charge on any atom is -0.462 e. The third kappa shape index (κ3) is 57.2. The van der Waals surface area contributed by atoms with Gasteiger partial charge in [0.25, 0.3) is 0 Å². The summed E-state index contributed by atoms with van der Waals surface area (Å²) in [6, 6.07) is 0. The van der Waals surface area contributed by atoms with Crippen molar-refractivity contribution in [2.75, 3.05) is 13.2 Å². The lowest BCUT2D eigenvalue weighted by Gasteiger charge is -2.18. The van der Waals surface area contributed by atoms with Crippen LogP contribution in [0.2, 0.25) is 0 Å². The number of ether oxygens (including phenoxy) is 3. The smallest absolute Gasteiger partial charge is 0.306 e. The molecule has 0 aliphatic heterocycles. The van der Waals surface area contributed by atoms with Crippen LogP contribution in [0.15, 0.2) is 97.2 Å². The first-order chi connectivity index (χ1) is 35.5. The van der Waals surface area contributed by atoms with E-state index in [1.54, 1.807) is 0 Å². The van der Waals surface area contributed by atoms with Crippen molar-refractivity contribution in [3.8, 4) is 0 Å². The normalized spacial score (nSPS) is 12.8. The average molecular weight is 1000 g/mol. The highest BCUT2D eigenvalue weighted by Gasteiger charge is 2.19. The van der Waals surface area contributed by atoms with E-state index in [0.29, 0.717) is 19.3 Å². The molecule has 6 heteroatoms. The van der Waals surface area contributed by atoms with E-state index >= 15 is 0 Å². The number of carbonyl (C=O) groups is 3. The van der Waals surface area contributed by atoms with E-state index in [0.717, 1.165) is 128 Å². The van der Waals surface area contributed by atoms with Gasteiger partial charge in [-0.2, -0.15) is 0 Å². The Labute approximate surface area is 445 Å². The van der Waals surface area contributed by atoms with Crippen LogP contribution in [0.4, 0.5) is 0 Å². The first kappa shape index (κ1) is 68.3. The van der Waals surface area contributed by atoms with E-state index in [4.69, 9.17) is 14.2 Å². The van der Waals surface area contributed by atoms with Crippen LogP contribution in [0.3, 0.4) is 0 Å². The number of unbranched alkanes of at least 4 members (excludes halogenated alkanes) is 28. The Morgan fingerprint density at radius 3 is 0.958 bits per heavy atom. The minimum absolute atomic E-state index is 0.0930. The fourth-order valence-corrected chi connectivity index (χ4v) is 8.28. The molecular formula is C66H112O6. The van der Waals surface area contributed by atoms with Crippen molar-refractivity contribution >= 4 is 17.9 Å². The standard InChI is InChI=1S/C66H112O6/c1-4-7-10-13-16-19-22-25-28-31-33-36-38-41-44-47-50-53-56-59-65(68)71-62-63(61-70-64(67)58-55-52-49-46-43-40-37-34-30-27-24-21-18-15-12-9-6-3)72-66(69)60-57-54-51-48-45-42-39-35-32-29-26-23-20-17-14-11-8-5-2/h7,10,16,18-19,21,25,27-30,32-33,35-36,39,63H,4-6,8-9,11-15,17,20,22-24,26,31,34,37-38,40-62H2,1-3H3/b10-7-,19-16-,21-18-,28-25-,30-27-,32-29-,36-33-,39-35-. The van der Waals surface area contributed by atoms with E-state index in [1.807, 2.05) is 0 Å². The Morgan fingerprint density at radius 1 is 0.306 bits per heavy atom. The van der Waals surface area contributed by atoms with Crippen LogP contribution >= 0.6 is 0 Å². The molecule has 0 radical (unpaired) electrons. The fraction of sp³-hybridized carbons (Fsp3) is 0.712. The highest BCUT2D eigenvalue weighted by molar-refractivity contribution is 5.71. The molecule has 6 nitrogen and oxygen atoms in total. The average Bonchev–Trinajstić information content (AvgIpc) is 3.38. The SMILES string of the molecule is CC/C=C\C/C=C\C/C=C\C/C=C\CCCCCCCCC(=O)OCC(COC(=O)CCCCCCCCC/C=C\C/C=C\CCCCC)OC(=O)CCCCCCC/C=C\C=C/CCCCCCCCC. The number of carbonyl (C=O) groups excluding carboxylic acids is 3. The third-order valence-corrected chi connectivity index (χ3v) is 12.8. The van der Waals surface area contributed by atoms with Gasteiger partial charge in [0.1, 0.15) is 13.2 Å². The van der Waals surface area contributed by atoms with Crippen LogP contribution in [-0.2, 0) is 28.6 Å². The fourth-order valence-electron chi connectivity index (χ4n) is 8.28. The zero-order valence-electron chi connectivity index (χ0n) is 47.2. The van der Waals surface area contributed by atoms with Gasteiger partial charge in [0.2, 0.25) is 0 Å². The summed E-state index contributed by atoms with van der Waals surface area (Å²) in [7, 11) is 0. The molecule has 0 aromatic heterocycles. The Bertz CT molecular complexity index is 1430. The zero-order chi connectivity index (χ0) is 52.2. The molecule has 0 aliphatic carbocycles. The van der Waals surface area contributed by atoms with Crippen molar-refractivity contribution in [2.45, 2.75) is 290 Å².